The first-order valence-electron chi connectivity index (χ1n) is 9.20. The van der Waals surface area contributed by atoms with Crippen LogP contribution in [0.3, 0.4) is 0 Å². The molecule has 0 bridgehead atoms. The van der Waals surface area contributed by atoms with Gasteiger partial charge in [-0.1, -0.05) is 43.4 Å². The Morgan fingerprint density at radius 1 is 1.16 bits per heavy atom. The van der Waals surface area contributed by atoms with E-state index in [1.165, 1.54) is 0 Å². The molecule has 0 radical (unpaired) electrons. The van der Waals surface area contributed by atoms with E-state index in [-0.39, 0.29) is 18.3 Å². The fourth-order valence-corrected chi connectivity index (χ4v) is 3.19. The van der Waals surface area contributed by atoms with E-state index in [2.05, 4.69) is 0 Å². The molecule has 25 heavy (non-hydrogen) atoms. The van der Waals surface area contributed by atoms with Crippen molar-refractivity contribution in [3.8, 4) is 0 Å². The van der Waals surface area contributed by atoms with Gasteiger partial charge in [-0.2, -0.15) is 0 Å². The summed E-state index contributed by atoms with van der Waals surface area (Å²) in [7, 11) is 0. The summed E-state index contributed by atoms with van der Waals surface area (Å²) in [5, 5.41) is 38.9. The minimum Gasteiger partial charge on any atom is -0.481 e. The lowest BCUT2D eigenvalue weighted by Gasteiger charge is -2.19. The van der Waals surface area contributed by atoms with Crippen LogP contribution < -0.4 is 0 Å². The van der Waals surface area contributed by atoms with Gasteiger partial charge in [0, 0.05) is 18.8 Å². The molecule has 1 aliphatic carbocycles. The first-order valence-corrected chi connectivity index (χ1v) is 9.20. The van der Waals surface area contributed by atoms with Crippen molar-refractivity contribution in [1.29, 1.82) is 0 Å². The fraction of sp³-hybridized carbons (Fsp3) is 0.650. The number of unbranched alkanes of at least 4 members (excludes halogenated alkanes) is 1. The van der Waals surface area contributed by atoms with Crippen molar-refractivity contribution in [2.75, 3.05) is 0 Å². The largest absolute Gasteiger partial charge is 0.481 e. The second kappa shape index (κ2) is 12.0. The number of carbonyl (C=O) groups is 1. The lowest BCUT2D eigenvalue weighted by atomic mass is 9.89. The van der Waals surface area contributed by atoms with Gasteiger partial charge in [-0.3, -0.25) is 4.79 Å². The Kier molecular flexibility index (Phi) is 10.4. The van der Waals surface area contributed by atoms with Gasteiger partial charge in [0.15, 0.2) is 0 Å². The lowest BCUT2D eigenvalue weighted by molar-refractivity contribution is -0.137. The molecule has 5 atom stereocenters. The zero-order valence-electron chi connectivity index (χ0n) is 15.0. The zero-order valence-corrected chi connectivity index (χ0v) is 15.0. The van der Waals surface area contributed by atoms with Crippen molar-refractivity contribution < 1.29 is 25.2 Å². The number of aliphatic carboxylic acids is 1. The molecule has 1 fully saturated rings. The van der Waals surface area contributed by atoms with Gasteiger partial charge < -0.3 is 20.4 Å². The average Bonchev–Trinajstić information content (AvgIpc) is 2.82. The Labute approximate surface area is 150 Å². The highest BCUT2D eigenvalue weighted by molar-refractivity contribution is 5.66. The number of carboxylic acids is 1. The highest BCUT2D eigenvalue weighted by atomic mass is 16.4. The number of hydrogen-bond donors (Lipinski definition) is 4. The third-order valence-corrected chi connectivity index (χ3v) is 4.59. The molecule has 1 saturated carbocycles. The minimum absolute atomic E-state index is 0.0830. The van der Waals surface area contributed by atoms with Gasteiger partial charge in [0.25, 0.3) is 0 Å². The molecule has 0 amide bonds. The van der Waals surface area contributed by atoms with E-state index in [0.29, 0.717) is 32.1 Å². The maximum absolute atomic E-state index is 10.5. The summed E-state index contributed by atoms with van der Waals surface area (Å²) >= 11 is 0. The molecule has 0 aromatic carbocycles. The van der Waals surface area contributed by atoms with Gasteiger partial charge in [0.05, 0.1) is 18.3 Å². The molecule has 0 saturated heterocycles. The van der Waals surface area contributed by atoms with E-state index >= 15 is 0 Å². The van der Waals surface area contributed by atoms with Gasteiger partial charge in [-0.05, 0) is 38.0 Å². The van der Waals surface area contributed by atoms with Crippen molar-refractivity contribution >= 4 is 5.97 Å². The minimum atomic E-state index is -0.791. The number of carboxylic acid groups (broad SMARTS) is 1. The first-order chi connectivity index (χ1) is 12.0. The van der Waals surface area contributed by atoms with Crippen LogP contribution >= 0.6 is 0 Å². The van der Waals surface area contributed by atoms with Gasteiger partial charge in [-0.15, -0.1) is 0 Å². The topological polar surface area (TPSA) is 98.0 Å². The summed E-state index contributed by atoms with van der Waals surface area (Å²) in [6.07, 6.45) is 13.5. The predicted molar refractivity (Wildman–Crippen MR) is 98.0 cm³/mol. The number of aliphatic hydroxyl groups excluding tert-OH is 3. The number of allylic oxidation sites excluding steroid dienone is 3. The zero-order chi connectivity index (χ0) is 18.7. The smallest absolute Gasteiger partial charge is 0.303 e. The molecule has 5 heteroatoms. The third kappa shape index (κ3) is 8.47. The number of hydrogen-bond acceptors (Lipinski definition) is 4. The number of rotatable bonds is 11. The summed E-state index contributed by atoms with van der Waals surface area (Å²) in [4.78, 5) is 10.5. The highest BCUT2D eigenvalue weighted by Gasteiger charge is 2.39. The molecule has 1 rings (SSSR count). The monoisotopic (exact) mass is 352 g/mol. The fourth-order valence-electron chi connectivity index (χ4n) is 3.19. The van der Waals surface area contributed by atoms with Gasteiger partial charge in [0.2, 0.25) is 0 Å². The summed E-state index contributed by atoms with van der Waals surface area (Å²) in [6.45, 7) is 2.04. The number of aliphatic hydroxyl groups is 3. The van der Waals surface area contributed by atoms with Crippen LogP contribution in [0.1, 0.15) is 51.9 Å². The Bertz CT molecular complexity index is 469. The molecule has 1 aliphatic rings. The van der Waals surface area contributed by atoms with Crippen molar-refractivity contribution in [3.63, 3.8) is 0 Å². The SMILES string of the molecule is CCC=CC[C@H](O)C=C[C@@H]1[C@@H](CC=CCCCC(=O)O)[C@@H](O)C[C@H]1O. The van der Waals surface area contributed by atoms with Crippen LogP contribution in [0.2, 0.25) is 0 Å². The van der Waals surface area contributed by atoms with E-state index in [1.807, 2.05) is 37.3 Å². The average molecular weight is 352 g/mol. The molecule has 0 aromatic rings. The van der Waals surface area contributed by atoms with Crippen LogP contribution in [0.5, 0.6) is 0 Å². The van der Waals surface area contributed by atoms with Gasteiger partial charge in [-0.25, -0.2) is 0 Å². The van der Waals surface area contributed by atoms with E-state index in [9.17, 15) is 20.1 Å². The van der Waals surface area contributed by atoms with Crippen LogP contribution in [0.15, 0.2) is 36.5 Å². The molecule has 4 N–H and O–H groups in total. The molecule has 5 nitrogen and oxygen atoms in total. The quantitative estimate of drug-likeness (QED) is 0.339. The Balaban J connectivity index is 2.50. The van der Waals surface area contributed by atoms with E-state index in [0.717, 1.165) is 6.42 Å². The van der Waals surface area contributed by atoms with Crippen molar-refractivity contribution in [2.24, 2.45) is 11.8 Å². The Morgan fingerprint density at radius 2 is 1.92 bits per heavy atom. The molecular formula is C20H32O5. The highest BCUT2D eigenvalue weighted by Crippen LogP contribution is 2.36. The van der Waals surface area contributed by atoms with E-state index in [1.54, 1.807) is 6.08 Å². The molecular weight excluding hydrogens is 320 g/mol. The predicted octanol–water partition coefficient (Wildman–Crippen LogP) is 2.82. The molecule has 0 spiro atoms. The molecule has 0 heterocycles. The van der Waals surface area contributed by atoms with Gasteiger partial charge >= 0.3 is 5.97 Å². The van der Waals surface area contributed by atoms with Crippen LogP contribution in [0.4, 0.5) is 0 Å². The Hall–Kier alpha value is -1.43. The van der Waals surface area contributed by atoms with Crippen molar-refractivity contribution in [3.05, 3.63) is 36.5 Å². The van der Waals surface area contributed by atoms with Crippen molar-refractivity contribution in [1.82, 2.24) is 0 Å². The summed E-state index contributed by atoms with van der Waals surface area (Å²) in [5.41, 5.74) is 0. The Morgan fingerprint density at radius 3 is 2.60 bits per heavy atom. The third-order valence-electron chi connectivity index (χ3n) is 4.59. The molecule has 142 valence electrons. The second-order valence-electron chi connectivity index (χ2n) is 6.67. The second-order valence-corrected chi connectivity index (χ2v) is 6.67. The van der Waals surface area contributed by atoms with Crippen LogP contribution in [-0.4, -0.2) is 44.7 Å². The first kappa shape index (κ1) is 21.6. The normalized spacial score (nSPS) is 28.5. The van der Waals surface area contributed by atoms with E-state index in [4.69, 9.17) is 5.11 Å². The molecule has 0 unspecified atom stereocenters. The van der Waals surface area contributed by atoms with E-state index < -0.39 is 24.3 Å². The maximum Gasteiger partial charge on any atom is 0.303 e. The maximum atomic E-state index is 10.5. The van der Waals surface area contributed by atoms with Crippen LogP contribution in [0.25, 0.3) is 0 Å². The van der Waals surface area contributed by atoms with Crippen LogP contribution in [0, 0.1) is 11.8 Å². The van der Waals surface area contributed by atoms with Crippen molar-refractivity contribution in [2.45, 2.75) is 70.2 Å². The summed E-state index contributed by atoms with van der Waals surface area (Å²) in [6, 6.07) is 0. The van der Waals surface area contributed by atoms with Crippen LogP contribution in [-0.2, 0) is 4.79 Å². The summed E-state index contributed by atoms with van der Waals surface area (Å²) < 4.78 is 0. The summed E-state index contributed by atoms with van der Waals surface area (Å²) in [5.74, 6) is -1.05. The lowest BCUT2D eigenvalue weighted by Crippen LogP contribution is -2.20. The standard InChI is InChI=1S/C20H32O5/c1-2-3-6-9-15(21)12-13-17-16(18(22)14-19(17)23)10-7-4-5-8-11-20(24)25/h3-4,6-7,12-13,15-19,21-23H,2,5,8-11,14H2,1H3,(H,24,25)/t15-,16+,17+,18-,19+/m0/s1. The van der Waals surface area contributed by atoms with Gasteiger partial charge in [0.1, 0.15) is 0 Å². The molecule has 0 aliphatic heterocycles. The molecule has 0 aromatic heterocycles.